The van der Waals surface area contributed by atoms with E-state index < -0.39 is 0 Å². The fourth-order valence-corrected chi connectivity index (χ4v) is 2.05. The summed E-state index contributed by atoms with van der Waals surface area (Å²) in [5.41, 5.74) is 1.87. The van der Waals surface area contributed by atoms with Gasteiger partial charge in [0.15, 0.2) is 0 Å². The van der Waals surface area contributed by atoms with Crippen LogP contribution < -0.4 is 0 Å². The minimum atomic E-state index is -0.0434. The highest BCUT2D eigenvalue weighted by molar-refractivity contribution is 6.31. The van der Waals surface area contributed by atoms with E-state index in [0.717, 1.165) is 11.8 Å². The highest BCUT2D eigenvalue weighted by atomic mass is 35.5. The standard InChI is InChI=1S/C11H10ClNO2/c1-2-13-5-10-7(6-14)3-8(12)4-9(10)11(13)15/h3-4,6H,2,5H2,1H3. The first-order valence-electron chi connectivity index (χ1n) is 4.74. The van der Waals surface area contributed by atoms with Crippen LogP contribution in [0.5, 0.6) is 0 Å². The maximum Gasteiger partial charge on any atom is 0.254 e. The Kier molecular flexibility index (Phi) is 2.49. The molecule has 0 spiro atoms. The van der Waals surface area contributed by atoms with Crippen LogP contribution in [0, 0.1) is 0 Å². The molecule has 0 saturated heterocycles. The Balaban J connectivity index is 2.58. The molecule has 78 valence electrons. The molecule has 0 bridgehead atoms. The largest absolute Gasteiger partial charge is 0.335 e. The third-order valence-electron chi connectivity index (χ3n) is 2.62. The van der Waals surface area contributed by atoms with Crippen LogP contribution in [-0.2, 0) is 6.54 Å². The van der Waals surface area contributed by atoms with Gasteiger partial charge in [0.05, 0.1) is 0 Å². The first-order chi connectivity index (χ1) is 7.17. The summed E-state index contributed by atoms with van der Waals surface area (Å²) in [7, 11) is 0. The van der Waals surface area contributed by atoms with Gasteiger partial charge in [0.25, 0.3) is 5.91 Å². The summed E-state index contributed by atoms with van der Waals surface area (Å²) in [4.78, 5) is 24.3. The zero-order valence-electron chi connectivity index (χ0n) is 8.29. The van der Waals surface area contributed by atoms with Crippen LogP contribution in [0.4, 0.5) is 0 Å². The summed E-state index contributed by atoms with van der Waals surface area (Å²) in [6, 6.07) is 3.22. The maximum atomic E-state index is 11.8. The third kappa shape index (κ3) is 1.53. The fourth-order valence-electron chi connectivity index (χ4n) is 1.82. The molecule has 0 N–H and O–H groups in total. The van der Waals surface area contributed by atoms with Crippen molar-refractivity contribution in [3.05, 3.63) is 33.8 Å². The number of hydrogen-bond acceptors (Lipinski definition) is 2. The number of hydrogen-bond donors (Lipinski definition) is 0. The van der Waals surface area contributed by atoms with Gasteiger partial charge in [0.2, 0.25) is 0 Å². The molecule has 0 aliphatic carbocycles. The van der Waals surface area contributed by atoms with Gasteiger partial charge < -0.3 is 4.90 Å². The van der Waals surface area contributed by atoms with Gasteiger partial charge in [-0.2, -0.15) is 0 Å². The molecular weight excluding hydrogens is 214 g/mol. The zero-order chi connectivity index (χ0) is 11.0. The number of carbonyl (C=O) groups is 2. The van der Waals surface area contributed by atoms with E-state index in [1.54, 1.807) is 17.0 Å². The Bertz CT molecular complexity index is 442. The molecule has 4 heteroatoms. The minimum Gasteiger partial charge on any atom is -0.335 e. The van der Waals surface area contributed by atoms with E-state index in [2.05, 4.69) is 0 Å². The zero-order valence-corrected chi connectivity index (χ0v) is 9.04. The number of rotatable bonds is 2. The van der Waals surface area contributed by atoms with Gasteiger partial charge >= 0.3 is 0 Å². The molecule has 0 radical (unpaired) electrons. The second-order valence-corrected chi connectivity index (χ2v) is 3.89. The van der Waals surface area contributed by atoms with E-state index in [1.165, 1.54) is 0 Å². The quantitative estimate of drug-likeness (QED) is 0.721. The number of amides is 1. The number of fused-ring (bicyclic) bond motifs is 1. The van der Waals surface area contributed by atoms with Crippen molar-refractivity contribution >= 4 is 23.8 Å². The molecule has 1 aromatic rings. The molecule has 0 saturated carbocycles. The molecule has 3 nitrogen and oxygen atoms in total. The van der Waals surface area contributed by atoms with Crippen molar-refractivity contribution in [3.63, 3.8) is 0 Å². The second-order valence-electron chi connectivity index (χ2n) is 3.46. The number of aldehydes is 1. The van der Waals surface area contributed by atoms with Crippen LogP contribution in [0.15, 0.2) is 12.1 Å². The molecule has 1 amide bonds. The van der Waals surface area contributed by atoms with Crippen molar-refractivity contribution in [2.45, 2.75) is 13.5 Å². The van der Waals surface area contributed by atoms with Crippen molar-refractivity contribution in [2.75, 3.05) is 6.54 Å². The van der Waals surface area contributed by atoms with Gasteiger partial charge in [-0.25, -0.2) is 0 Å². The van der Waals surface area contributed by atoms with Gasteiger partial charge in [-0.3, -0.25) is 9.59 Å². The van der Waals surface area contributed by atoms with E-state index >= 15 is 0 Å². The summed E-state index contributed by atoms with van der Waals surface area (Å²) in [6.45, 7) is 3.06. The van der Waals surface area contributed by atoms with Crippen molar-refractivity contribution < 1.29 is 9.59 Å². The van der Waals surface area contributed by atoms with Crippen LogP contribution in [0.3, 0.4) is 0 Å². The number of nitrogens with zero attached hydrogens (tertiary/aromatic N) is 1. The average molecular weight is 224 g/mol. The molecule has 0 aromatic heterocycles. The molecule has 1 heterocycles. The van der Waals surface area contributed by atoms with Gasteiger partial charge in [-0.15, -0.1) is 0 Å². The molecule has 0 unspecified atom stereocenters. The maximum absolute atomic E-state index is 11.8. The van der Waals surface area contributed by atoms with Crippen LogP contribution in [0.25, 0.3) is 0 Å². The Labute approximate surface area is 92.6 Å². The highest BCUT2D eigenvalue weighted by Crippen LogP contribution is 2.28. The van der Waals surface area contributed by atoms with Gasteiger partial charge in [-0.1, -0.05) is 11.6 Å². The molecule has 15 heavy (non-hydrogen) atoms. The van der Waals surface area contributed by atoms with Crippen molar-refractivity contribution in [3.8, 4) is 0 Å². The van der Waals surface area contributed by atoms with E-state index in [-0.39, 0.29) is 5.91 Å². The lowest BCUT2D eigenvalue weighted by Crippen LogP contribution is -2.22. The van der Waals surface area contributed by atoms with E-state index in [0.29, 0.717) is 29.2 Å². The minimum absolute atomic E-state index is 0.0434. The monoisotopic (exact) mass is 223 g/mol. The number of carbonyl (C=O) groups excluding carboxylic acids is 2. The Morgan fingerprint density at radius 3 is 2.87 bits per heavy atom. The molecular formula is C11H10ClNO2. The molecule has 1 aromatic carbocycles. The topological polar surface area (TPSA) is 37.4 Å². The molecule has 2 rings (SSSR count). The first-order valence-corrected chi connectivity index (χ1v) is 5.12. The summed E-state index contributed by atoms with van der Waals surface area (Å²) in [5.74, 6) is -0.0434. The smallest absolute Gasteiger partial charge is 0.254 e. The third-order valence-corrected chi connectivity index (χ3v) is 2.84. The second kappa shape index (κ2) is 3.66. The normalized spacial score (nSPS) is 14.3. The number of benzene rings is 1. The van der Waals surface area contributed by atoms with Crippen molar-refractivity contribution in [1.82, 2.24) is 4.90 Å². The van der Waals surface area contributed by atoms with Crippen LogP contribution >= 0.6 is 11.6 Å². The lowest BCUT2D eigenvalue weighted by atomic mass is 10.0. The van der Waals surface area contributed by atoms with E-state index in [9.17, 15) is 9.59 Å². The SMILES string of the molecule is CCN1Cc2c(C=O)cc(Cl)cc2C1=O. The lowest BCUT2D eigenvalue weighted by molar-refractivity contribution is 0.0786. The number of halogens is 1. The molecule has 0 atom stereocenters. The summed E-state index contributed by atoms with van der Waals surface area (Å²) in [5, 5.41) is 0.433. The van der Waals surface area contributed by atoms with Gasteiger partial charge in [0.1, 0.15) is 6.29 Å². The molecule has 0 fully saturated rings. The lowest BCUT2D eigenvalue weighted by Gasteiger charge is -2.11. The predicted octanol–water partition coefficient (Wildman–Crippen LogP) is 2.13. The Morgan fingerprint density at radius 1 is 1.53 bits per heavy atom. The highest BCUT2D eigenvalue weighted by Gasteiger charge is 2.28. The molecule has 1 aliphatic heterocycles. The van der Waals surface area contributed by atoms with Crippen molar-refractivity contribution in [1.29, 1.82) is 0 Å². The molecule has 1 aliphatic rings. The van der Waals surface area contributed by atoms with Crippen molar-refractivity contribution in [2.24, 2.45) is 0 Å². The summed E-state index contributed by atoms with van der Waals surface area (Å²) < 4.78 is 0. The Hall–Kier alpha value is -1.35. The van der Waals surface area contributed by atoms with Crippen LogP contribution in [0.1, 0.15) is 33.2 Å². The fraction of sp³-hybridized carbons (Fsp3) is 0.273. The van der Waals surface area contributed by atoms with Gasteiger partial charge in [0, 0.05) is 29.2 Å². The van der Waals surface area contributed by atoms with Crippen LogP contribution in [-0.4, -0.2) is 23.6 Å². The van der Waals surface area contributed by atoms with E-state index in [4.69, 9.17) is 11.6 Å². The Morgan fingerprint density at radius 2 is 2.27 bits per heavy atom. The summed E-state index contributed by atoms with van der Waals surface area (Å²) in [6.07, 6.45) is 0.747. The van der Waals surface area contributed by atoms with Crippen LogP contribution in [0.2, 0.25) is 5.02 Å². The van der Waals surface area contributed by atoms with Gasteiger partial charge in [-0.05, 0) is 24.6 Å². The first kappa shape index (κ1) is 10.2. The summed E-state index contributed by atoms with van der Waals surface area (Å²) >= 11 is 5.83. The average Bonchev–Trinajstić information content (AvgIpc) is 2.55. The predicted molar refractivity (Wildman–Crippen MR) is 57.3 cm³/mol. The van der Waals surface area contributed by atoms with E-state index in [1.807, 2.05) is 6.92 Å².